The molecule has 0 N–H and O–H groups in total. The van der Waals surface area contributed by atoms with Gasteiger partial charge in [0, 0.05) is 18.0 Å². The fraction of sp³-hybridized carbons (Fsp3) is 0.929. The Morgan fingerprint density at radius 3 is 2.12 bits per heavy atom. The maximum atomic E-state index is 5.03. The first-order chi connectivity index (χ1) is 7.16. The standard InChI is InChI=1S/C14H26N2/c1-12(2)7-9-14(5)10-8-13(3,4)16(6)11(14)15-12/h7-10H2,1-6H3. The Bertz CT molecular complexity index is 328. The molecule has 2 nitrogen and oxygen atoms in total. The van der Waals surface area contributed by atoms with Crippen molar-refractivity contribution in [3.8, 4) is 0 Å². The van der Waals surface area contributed by atoms with Crippen LogP contribution in [0.1, 0.15) is 60.3 Å². The minimum absolute atomic E-state index is 0.135. The molecule has 0 spiro atoms. The van der Waals surface area contributed by atoms with Gasteiger partial charge < -0.3 is 4.90 Å². The number of nitrogens with zero attached hydrogens (tertiary/aromatic N) is 2. The van der Waals surface area contributed by atoms with E-state index in [-0.39, 0.29) is 11.1 Å². The van der Waals surface area contributed by atoms with Crippen LogP contribution in [0.4, 0.5) is 0 Å². The first-order valence-electron chi connectivity index (χ1n) is 6.51. The Labute approximate surface area is 100 Å². The van der Waals surface area contributed by atoms with Crippen LogP contribution in [-0.4, -0.2) is 28.9 Å². The SMILES string of the molecule is CN1C2=NC(C)(C)CCC2(C)CCC1(C)C. The van der Waals surface area contributed by atoms with E-state index in [2.05, 4.69) is 46.6 Å². The van der Waals surface area contributed by atoms with Crippen LogP contribution in [0.25, 0.3) is 0 Å². The van der Waals surface area contributed by atoms with Gasteiger partial charge in [0.25, 0.3) is 0 Å². The zero-order valence-electron chi connectivity index (χ0n) is 11.7. The predicted molar refractivity (Wildman–Crippen MR) is 69.9 cm³/mol. The van der Waals surface area contributed by atoms with Gasteiger partial charge >= 0.3 is 0 Å². The molecule has 1 saturated heterocycles. The Balaban J connectivity index is 2.41. The van der Waals surface area contributed by atoms with Gasteiger partial charge in [0.15, 0.2) is 0 Å². The Hall–Kier alpha value is -0.530. The lowest BCUT2D eigenvalue weighted by atomic mass is 9.68. The summed E-state index contributed by atoms with van der Waals surface area (Å²) < 4.78 is 0. The largest absolute Gasteiger partial charge is 0.358 e. The molecule has 2 heterocycles. The summed E-state index contributed by atoms with van der Waals surface area (Å²) in [5.74, 6) is 1.35. The van der Waals surface area contributed by atoms with Gasteiger partial charge in [-0.15, -0.1) is 0 Å². The maximum absolute atomic E-state index is 5.03. The maximum Gasteiger partial charge on any atom is 0.106 e. The number of likely N-dealkylation sites (tertiary alicyclic amines) is 1. The lowest BCUT2D eigenvalue weighted by Gasteiger charge is -2.53. The third kappa shape index (κ3) is 1.76. The first kappa shape index (κ1) is 11.9. The second kappa shape index (κ2) is 3.24. The Kier molecular flexibility index (Phi) is 2.42. The van der Waals surface area contributed by atoms with Gasteiger partial charge in [0.2, 0.25) is 0 Å². The van der Waals surface area contributed by atoms with Crippen LogP contribution < -0.4 is 0 Å². The van der Waals surface area contributed by atoms with Gasteiger partial charge in [-0.3, -0.25) is 4.99 Å². The number of piperidine rings is 1. The van der Waals surface area contributed by atoms with E-state index in [4.69, 9.17) is 4.99 Å². The van der Waals surface area contributed by atoms with Crippen molar-refractivity contribution in [2.75, 3.05) is 7.05 Å². The molecule has 0 aliphatic carbocycles. The third-order valence-corrected chi connectivity index (χ3v) is 4.75. The second-order valence-corrected chi connectivity index (χ2v) is 7.18. The molecule has 0 radical (unpaired) electrons. The highest BCUT2D eigenvalue weighted by Crippen LogP contribution is 2.46. The molecule has 0 amide bonds. The van der Waals surface area contributed by atoms with Crippen molar-refractivity contribution in [1.82, 2.24) is 4.90 Å². The summed E-state index contributed by atoms with van der Waals surface area (Å²) in [6.07, 6.45) is 5.08. The minimum atomic E-state index is 0.135. The van der Waals surface area contributed by atoms with Crippen LogP contribution in [0.2, 0.25) is 0 Å². The number of aliphatic imine (C=N–C) groups is 1. The van der Waals surface area contributed by atoms with E-state index >= 15 is 0 Å². The topological polar surface area (TPSA) is 15.6 Å². The van der Waals surface area contributed by atoms with Crippen LogP contribution in [0.15, 0.2) is 4.99 Å². The van der Waals surface area contributed by atoms with E-state index in [1.807, 2.05) is 0 Å². The lowest BCUT2D eigenvalue weighted by Crippen LogP contribution is -2.58. The highest BCUT2D eigenvalue weighted by molar-refractivity contribution is 5.90. The summed E-state index contributed by atoms with van der Waals surface area (Å²) in [5.41, 5.74) is 0.738. The molecule has 0 aromatic rings. The Morgan fingerprint density at radius 1 is 0.938 bits per heavy atom. The molecule has 0 aromatic heterocycles. The monoisotopic (exact) mass is 222 g/mol. The van der Waals surface area contributed by atoms with Crippen molar-refractivity contribution in [1.29, 1.82) is 0 Å². The van der Waals surface area contributed by atoms with E-state index < -0.39 is 0 Å². The van der Waals surface area contributed by atoms with Gasteiger partial charge in [-0.05, 0) is 53.4 Å². The molecule has 16 heavy (non-hydrogen) atoms. The summed E-state index contributed by atoms with van der Waals surface area (Å²) in [6, 6.07) is 0. The molecule has 1 atom stereocenters. The zero-order valence-corrected chi connectivity index (χ0v) is 11.7. The summed E-state index contributed by atoms with van der Waals surface area (Å²) in [4.78, 5) is 7.46. The van der Waals surface area contributed by atoms with Crippen molar-refractivity contribution in [3.63, 3.8) is 0 Å². The van der Waals surface area contributed by atoms with Crippen molar-refractivity contribution < 1.29 is 0 Å². The van der Waals surface area contributed by atoms with Crippen LogP contribution in [0, 0.1) is 5.41 Å². The molecular formula is C14H26N2. The summed E-state index contributed by atoms with van der Waals surface area (Å²) in [6.45, 7) is 11.6. The van der Waals surface area contributed by atoms with E-state index in [1.54, 1.807) is 0 Å². The van der Waals surface area contributed by atoms with Crippen molar-refractivity contribution >= 4 is 5.84 Å². The highest BCUT2D eigenvalue weighted by atomic mass is 15.3. The third-order valence-electron chi connectivity index (χ3n) is 4.75. The quantitative estimate of drug-likeness (QED) is 0.613. The summed E-state index contributed by atoms with van der Waals surface area (Å²) in [7, 11) is 2.22. The zero-order chi connectivity index (χ0) is 12.2. The molecule has 2 heteroatoms. The Morgan fingerprint density at radius 2 is 1.50 bits per heavy atom. The minimum Gasteiger partial charge on any atom is -0.358 e. The second-order valence-electron chi connectivity index (χ2n) is 7.18. The number of fused-ring (bicyclic) bond motifs is 1. The first-order valence-corrected chi connectivity index (χ1v) is 6.51. The molecule has 2 rings (SSSR count). The number of hydrogen-bond acceptors (Lipinski definition) is 2. The summed E-state index contributed by atoms with van der Waals surface area (Å²) in [5, 5.41) is 0. The molecule has 0 bridgehead atoms. The fourth-order valence-corrected chi connectivity index (χ4v) is 2.92. The van der Waals surface area contributed by atoms with Crippen LogP contribution in [0.3, 0.4) is 0 Å². The number of rotatable bonds is 0. The van der Waals surface area contributed by atoms with Crippen LogP contribution in [-0.2, 0) is 0 Å². The molecule has 92 valence electrons. The van der Waals surface area contributed by atoms with E-state index in [1.165, 1.54) is 31.5 Å². The van der Waals surface area contributed by atoms with E-state index in [0.717, 1.165) is 0 Å². The van der Waals surface area contributed by atoms with Gasteiger partial charge in [-0.25, -0.2) is 0 Å². The molecule has 1 unspecified atom stereocenters. The lowest BCUT2D eigenvalue weighted by molar-refractivity contribution is 0.125. The molecule has 1 fully saturated rings. The van der Waals surface area contributed by atoms with Gasteiger partial charge in [0.05, 0.1) is 5.54 Å². The van der Waals surface area contributed by atoms with Crippen LogP contribution in [0.5, 0.6) is 0 Å². The predicted octanol–water partition coefficient (Wildman–Crippen LogP) is 3.47. The average Bonchev–Trinajstić information content (AvgIpc) is 2.17. The molecule has 2 aliphatic rings. The fourth-order valence-electron chi connectivity index (χ4n) is 2.92. The van der Waals surface area contributed by atoms with Gasteiger partial charge in [-0.1, -0.05) is 6.92 Å². The average molecular weight is 222 g/mol. The highest BCUT2D eigenvalue weighted by Gasteiger charge is 2.47. The van der Waals surface area contributed by atoms with Crippen molar-refractivity contribution in [2.45, 2.75) is 71.4 Å². The molecule has 2 aliphatic heterocycles. The van der Waals surface area contributed by atoms with Gasteiger partial charge in [0.1, 0.15) is 5.84 Å². The molecule has 0 aromatic carbocycles. The molecular weight excluding hydrogens is 196 g/mol. The normalized spacial score (nSPS) is 36.6. The van der Waals surface area contributed by atoms with Crippen LogP contribution >= 0.6 is 0 Å². The van der Waals surface area contributed by atoms with Crippen molar-refractivity contribution in [2.24, 2.45) is 10.4 Å². The van der Waals surface area contributed by atoms with E-state index in [0.29, 0.717) is 5.41 Å². The summed E-state index contributed by atoms with van der Waals surface area (Å²) >= 11 is 0. The van der Waals surface area contributed by atoms with E-state index in [9.17, 15) is 0 Å². The smallest absolute Gasteiger partial charge is 0.106 e. The molecule has 0 saturated carbocycles. The van der Waals surface area contributed by atoms with Crippen molar-refractivity contribution in [3.05, 3.63) is 0 Å². The number of hydrogen-bond donors (Lipinski definition) is 0. The number of amidine groups is 1. The van der Waals surface area contributed by atoms with Gasteiger partial charge in [-0.2, -0.15) is 0 Å².